The highest BCUT2D eigenvalue weighted by molar-refractivity contribution is 5.75. The normalized spacial score (nSPS) is 13.1. The van der Waals surface area contributed by atoms with Crippen molar-refractivity contribution in [3.05, 3.63) is 29.6 Å². The van der Waals surface area contributed by atoms with Gasteiger partial charge in [0.2, 0.25) is 0 Å². The largest absolute Gasteiger partial charge is 0.342 e. The van der Waals surface area contributed by atoms with E-state index in [0.29, 0.717) is 5.92 Å². The Hall–Kier alpha value is -1.39. The van der Waals surface area contributed by atoms with Crippen LogP contribution in [0.3, 0.4) is 0 Å². The van der Waals surface area contributed by atoms with Gasteiger partial charge in [0.15, 0.2) is 0 Å². The first kappa shape index (κ1) is 13.1. The number of nitrogens with two attached hydrogens (primary N) is 1. The van der Waals surface area contributed by atoms with E-state index in [-0.39, 0.29) is 0 Å². The van der Waals surface area contributed by atoms with Gasteiger partial charge in [0, 0.05) is 0 Å². The molecular weight excluding hydrogens is 224 g/mol. The maximum absolute atomic E-state index is 5.58. The number of hydrogen-bond donors (Lipinski definition) is 3. The van der Waals surface area contributed by atoms with Gasteiger partial charge in [0.25, 0.3) is 0 Å². The molecule has 1 atom stereocenters. The third kappa shape index (κ3) is 3.31. The molecule has 4 N–H and O–H groups in total. The maximum atomic E-state index is 5.58. The van der Waals surface area contributed by atoms with Crippen LogP contribution in [0.4, 0.5) is 0 Å². The highest BCUT2D eigenvalue weighted by Crippen LogP contribution is 2.13. The quantitative estimate of drug-likeness (QED) is 0.678. The second-order valence-electron chi connectivity index (χ2n) is 4.97. The van der Waals surface area contributed by atoms with Crippen LogP contribution in [-0.4, -0.2) is 29.6 Å². The van der Waals surface area contributed by atoms with Gasteiger partial charge >= 0.3 is 0 Å². The Morgan fingerprint density at radius 1 is 1.44 bits per heavy atom. The SMILES string of the molecule is Cc1nc2ccc(CCNCC(C)CN)cc2[nH]1. The standard InChI is InChI=1S/C14H22N4/c1-10(8-15)9-16-6-5-12-3-4-13-14(7-12)18-11(2)17-13/h3-4,7,10,16H,5-6,8-9,15H2,1-2H3,(H,17,18). The average Bonchev–Trinajstić information content (AvgIpc) is 2.73. The van der Waals surface area contributed by atoms with E-state index in [1.807, 2.05) is 6.92 Å². The second-order valence-corrected chi connectivity index (χ2v) is 4.97. The van der Waals surface area contributed by atoms with Crippen LogP contribution in [0.1, 0.15) is 18.3 Å². The summed E-state index contributed by atoms with van der Waals surface area (Å²) in [5, 5.41) is 3.43. The topological polar surface area (TPSA) is 66.7 Å². The van der Waals surface area contributed by atoms with Gasteiger partial charge in [0.1, 0.15) is 5.82 Å². The molecule has 4 nitrogen and oxygen atoms in total. The molecule has 18 heavy (non-hydrogen) atoms. The molecule has 0 aliphatic heterocycles. The summed E-state index contributed by atoms with van der Waals surface area (Å²) in [5.74, 6) is 1.51. The van der Waals surface area contributed by atoms with Crippen LogP contribution in [0, 0.1) is 12.8 Å². The van der Waals surface area contributed by atoms with Gasteiger partial charge in [-0.1, -0.05) is 13.0 Å². The molecule has 2 rings (SSSR count). The molecule has 0 saturated heterocycles. The third-order valence-electron chi connectivity index (χ3n) is 3.15. The molecule has 0 aliphatic carbocycles. The van der Waals surface area contributed by atoms with E-state index >= 15 is 0 Å². The van der Waals surface area contributed by atoms with Crippen molar-refractivity contribution in [3.8, 4) is 0 Å². The van der Waals surface area contributed by atoms with E-state index in [1.54, 1.807) is 0 Å². The molecule has 0 aliphatic rings. The van der Waals surface area contributed by atoms with Crippen molar-refractivity contribution in [2.24, 2.45) is 11.7 Å². The maximum Gasteiger partial charge on any atom is 0.104 e. The molecule has 4 heteroatoms. The first-order valence-corrected chi connectivity index (χ1v) is 6.55. The van der Waals surface area contributed by atoms with Crippen LogP contribution in [0.2, 0.25) is 0 Å². The number of rotatable bonds is 6. The molecule has 0 spiro atoms. The number of imidazole rings is 1. The van der Waals surface area contributed by atoms with Crippen LogP contribution in [0.25, 0.3) is 11.0 Å². The van der Waals surface area contributed by atoms with Gasteiger partial charge in [-0.15, -0.1) is 0 Å². The molecule has 2 aromatic rings. The Morgan fingerprint density at radius 2 is 2.28 bits per heavy atom. The third-order valence-corrected chi connectivity index (χ3v) is 3.15. The summed E-state index contributed by atoms with van der Waals surface area (Å²) in [6, 6.07) is 6.41. The summed E-state index contributed by atoms with van der Waals surface area (Å²) in [4.78, 5) is 7.67. The zero-order chi connectivity index (χ0) is 13.0. The van der Waals surface area contributed by atoms with E-state index in [9.17, 15) is 0 Å². The van der Waals surface area contributed by atoms with Gasteiger partial charge < -0.3 is 16.0 Å². The summed E-state index contributed by atoms with van der Waals surface area (Å²) in [6.45, 7) is 6.86. The monoisotopic (exact) mass is 246 g/mol. The minimum atomic E-state index is 0.544. The predicted molar refractivity (Wildman–Crippen MR) is 75.6 cm³/mol. The molecule has 1 unspecified atom stereocenters. The lowest BCUT2D eigenvalue weighted by molar-refractivity contribution is 0.524. The van der Waals surface area contributed by atoms with Gasteiger partial charge in [-0.05, 0) is 56.6 Å². The van der Waals surface area contributed by atoms with Crippen molar-refractivity contribution in [1.82, 2.24) is 15.3 Å². The van der Waals surface area contributed by atoms with Gasteiger partial charge in [-0.25, -0.2) is 4.98 Å². The van der Waals surface area contributed by atoms with Crippen molar-refractivity contribution < 1.29 is 0 Å². The summed E-state index contributed by atoms with van der Waals surface area (Å²) in [6.07, 6.45) is 1.03. The fourth-order valence-electron chi connectivity index (χ4n) is 2.00. The summed E-state index contributed by atoms with van der Waals surface area (Å²) >= 11 is 0. The molecular formula is C14H22N4. The number of benzene rings is 1. The lowest BCUT2D eigenvalue weighted by Crippen LogP contribution is -2.27. The van der Waals surface area contributed by atoms with Gasteiger partial charge in [-0.2, -0.15) is 0 Å². The minimum Gasteiger partial charge on any atom is -0.342 e. The van der Waals surface area contributed by atoms with Gasteiger partial charge in [-0.3, -0.25) is 0 Å². The van der Waals surface area contributed by atoms with E-state index < -0.39 is 0 Å². The molecule has 0 radical (unpaired) electrons. The van der Waals surface area contributed by atoms with E-state index in [4.69, 9.17) is 5.73 Å². The summed E-state index contributed by atoms with van der Waals surface area (Å²) in [5.41, 5.74) is 9.08. The van der Waals surface area contributed by atoms with Crippen molar-refractivity contribution in [3.63, 3.8) is 0 Å². The number of nitrogens with one attached hydrogen (secondary N) is 2. The second kappa shape index (κ2) is 5.98. The fraction of sp³-hybridized carbons (Fsp3) is 0.500. The highest BCUT2D eigenvalue weighted by atomic mass is 14.9. The average molecular weight is 246 g/mol. The number of nitrogens with zero attached hydrogens (tertiary/aromatic N) is 1. The zero-order valence-electron chi connectivity index (χ0n) is 11.2. The van der Waals surface area contributed by atoms with E-state index in [0.717, 1.165) is 42.9 Å². The molecule has 98 valence electrons. The number of fused-ring (bicyclic) bond motifs is 1. The Bertz CT molecular complexity index is 503. The molecule has 1 aromatic heterocycles. The molecule has 1 aromatic carbocycles. The number of aryl methyl sites for hydroxylation is 1. The van der Waals surface area contributed by atoms with Crippen LogP contribution in [-0.2, 0) is 6.42 Å². The van der Waals surface area contributed by atoms with Crippen LogP contribution < -0.4 is 11.1 Å². The molecule has 1 heterocycles. The van der Waals surface area contributed by atoms with Gasteiger partial charge in [0.05, 0.1) is 11.0 Å². The molecule has 0 saturated carbocycles. The lowest BCUT2D eigenvalue weighted by atomic mass is 10.1. The molecule has 0 fully saturated rings. The van der Waals surface area contributed by atoms with Crippen LogP contribution in [0.5, 0.6) is 0 Å². The van der Waals surface area contributed by atoms with E-state index in [2.05, 4.69) is 40.4 Å². The van der Waals surface area contributed by atoms with Crippen molar-refractivity contribution in [2.45, 2.75) is 20.3 Å². The Morgan fingerprint density at radius 3 is 3.06 bits per heavy atom. The van der Waals surface area contributed by atoms with E-state index in [1.165, 1.54) is 5.56 Å². The summed E-state index contributed by atoms with van der Waals surface area (Å²) in [7, 11) is 0. The molecule has 0 bridgehead atoms. The fourth-order valence-corrected chi connectivity index (χ4v) is 2.00. The molecule has 0 amide bonds. The predicted octanol–water partition coefficient (Wildman–Crippen LogP) is 1.60. The first-order chi connectivity index (χ1) is 8.69. The van der Waals surface area contributed by atoms with Crippen molar-refractivity contribution in [1.29, 1.82) is 0 Å². The Labute approximate surface area is 108 Å². The Balaban J connectivity index is 1.87. The highest BCUT2D eigenvalue weighted by Gasteiger charge is 2.01. The van der Waals surface area contributed by atoms with Crippen molar-refractivity contribution in [2.75, 3.05) is 19.6 Å². The van der Waals surface area contributed by atoms with Crippen LogP contribution in [0.15, 0.2) is 18.2 Å². The number of hydrogen-bond acceptors (Lipinski definition) is 3. The number of aromatic nitrogens is 2. The minimum absolute atomic E-state index is 0.544. The first-order valence-electron chi connectivity index (χ1n) is 6.55. The zero-order valence-corrected chi connectivity index (χ0v) is 11.2. The lowest BCUT2D eigenvalue weighted by Gasteiger charge is -2.09. The smallest absolute Gasteiger partial charge is 0.104 e. The van der Waals surface area contributed by atoms with Crippen molar-refractivity contribution >= 4 is 11.0 Å². The number of H-pyrrole nitrogens is 1. The number of aromatic amines is 1. The Kier molecular flexibility index (Phi) is 4.33. The van der Waals surface area contributed by atoms with Crippen LogP contribution >= 0.6 is 0 Å². The summed E-state index contributed by atoms with van der Waals surface area (Å²) < 4.78 is 0.